The van der Waals surface area contributed by atoms with E-state index in [1.807, 2.05) is 29.6 Å². The number of benzene rings is 1. The van der Waals surface area contributed by atoms with Gasteiger partial charge in [-0.25, -0.2) is 4.79 Å². The molecule has 1 heterocycles. The first-order chi connectivity index (χ1) is 7.40. The van der Waals surface area contributed by atoms with E-state index in [4.69, 9.17) is 0 Å². The van der Waals surface area contributed by atoms with Gasteiger partial charge in [0.15, 0.2) is 0 Å². The number of hydrogen-bond donors (Lipinski definition) is 0. The van der Waals surface area contributed by atoms with Gasteiger partial charge in [-0.2, -0.15) is 0 Å². The first kappa shape index (κ1) is 9.79. The van der Waals surface area contributed by atoms with E-state index < -0.39 is 0 Å². The van der Waals surface area contributed by atoms with Gasteiger partial charge in [0, 0.05) is 10.9 Å². The summed E-state index contributed by atoms with van der Waals surface area (Å²) in [6, 6.07) is 7.60. The molecule has 75 valence electrons. The minimum atomic E-state index is 0.249. The zero-order valence-electron chi connectivity index (χ0n) is 7.71. The maximum Gasteiger partial charge on any atom is 0.417 e. The van der Waals surface area contributed by atoms with Crippen molar-refractivity contribution in [3.63, 3.8) is 0 Å². The fraction of sp³-hybridized carbons (Fsp3) is 0.100. The van der Waals surface area contributed by atoms with Crippen LogP contribution < -0.4 is 0 Å². The van der Waals surface area contributed by atoms with Crippen LogP contribution in [-0.2, 0) is 16.1 Å². The molecule has 0 spiro atoms. The molecule has 0 aliphatic rings. The van der Waals surface area contributed by atoms with Crippen LogP contribution in [0.2, 0.25) is 0 Å². The van der Waals surface area contributed by atoms with E-state index >= 15 is 0 Å². The summed E-state index contributed by atoms with van der Waals surface area (Å²) in [7, 11) is 0. The van der Waals surface area contributed by atoms with Gasteiger partial charge in [-0.3, -0.25) is 0 Å². The van der Waals surface area contributed by atoms with E-state index in [0.717, 1.165) is 16.8 Å². The van der Waals surface area contributed by atoms with Gasteiger partial charge in [0.1, 0.15) is 12.3 Å². The first-order valence-electron chi connectivity index (χ1n) is 4.25. The molecule has 1 aromatic heterocycles. The highest BCUT2D eigenvalue weighted by atomic mass is 32.1. The van der Waals surface area contributed by atoms with E-state index in [2.05, 4.69) is 14.3 Å². The third-order valence-corrected chi connectivity index (χ3v) is 2.41. The summed E-state index contributed by atoms with van der Waals surface area (Å²) < 4.78 is 8.30. The molecular formula is C10H7N2O2S. The molecule has 0 aliphatic heterocycles. The summed E-state index contributed by atoms with van der Waals surface area (Å²) in [4.78, 5) is 9.87. The van der Waals surface area contributed by atoms with E-state index in [0.29, 0.717) is 0 Å². The lowest BCUT2D eigenvalue weighted by Gasteiger charge is -1.99. The topological polar surface area (TPSA) is 52.1 Å². The molecule has 0 saturated heterocycles. The summed E-state index contributed by atoms with van der Waals surface area (Å²) in [6.45, 7) is 1.64. The van der Waals surface area contributed by atoms with Crippen LogP contribution in [0.15, 0.2) is 29.6 Å². The SMILES string of the molecule is O=[C]OCc1ccc(-c2csnn2)cc1. The lowest BCUT2D eigenvalue weighted by molar-refractivity contribution is 0.267. The Labute approximate surface area is 90.7 Å². The lowest BCUT2D eigenvalue weighted by Crippen LogP contribution is -1.89. The Morgan fingerprint density at radius 2 is 2.13 bits per heavy atom. The van der Waals surface area contributed by atoms with Crippen molar-refractivity contribution >= 4 is 18.0 Å². The Morgan fingerprint density at radius 1 is 1.33 bits per heavy atom. The standard InChI is InChI=1S/C10H7N2O2S/c13-7-14-5-8-1-3-9(4-2-8)10-6-15-12-11-10/h1-4,6H,5H2. The molecule has 0 unspecified atom stereocenters. The highest BCUT2D eigenvalue weighted by molar-refractivity contribution is 7.03. The van der Waals surface area contributed by atoms with Crippen LogP contribution in [0.25, 0.3) is 11.3 Å². The first-order valence-corrected chi connectivity index (χ1v) is 5.09. The third kappa shape index (κ3) is 2.38. The van der Waals surface area contributed by atoms with Gasteiger partial charge in [0.2, 0.25) is 0 Å². The van der Waals surface area contributed by atoms with E-state index in [1.54, 1.807) is 0 Å². The molecule has 5 heteroatoms. The Hall–Kier alpha value is -1.75. The fourth-order valence-corrected chi connectivity index (χ4v) is 1.64. The Balaban J connectivity index is 2.14. The third-order valence-electron chi connectivity index (χ3n) is 1.91. The highest BCUT2D eigenvalue weighted by Crippen LogP contribution is 2.18. The second-order valence-electron chi connectivity index (χ2n) is 2.86. The summed E-state index contributed by atoms with van der Waals surface area (Å²) in [5, 5.41) is 5.83. The monoisotopic (exact) mass is 219 g/mol. The van der Waals surface area contributed by atoms with Crippen molar-refractivity contribution in [1.82, 2.24) is 9.59 Å². The average Bonchev–Trinajstić information content (AvgIpc) is 2.80. The van der Waals surface area contributed by atoms with Gasteiger partial charge in [-0.1, -0.05) is 28.8 Å². The molecule has 0 atom stereocenters. The molecule has 2 aromatic rings. The number of carbonyl (C=O) groups excluding carboxylic acids is 1. The highest BCUT2D eigenvalue weighted by Gasteiger charge is 2.00. The fourth-order valence-electron chi connectivity index (χ4n) is 1.17. The van der Waals surface area contributed by atoms with Crippen LogP contribution in [0.5, 0.6) is 0 Å². The summed E-state index contributed by atoms with van der Waals surface area (Å²) in [5.41, 5.74) is 2.78. The molecular weight excluding hydrogens is 212 g/mol. The van der Waals surface area contributed by atoms with Gasteiger partial charge in [-0.05, 0) is 17.1 Å². The van der Waals surface area contributed by atoms with Crippen molar-refractivity contribution in [3.8, 4) is 11.3 Å². The Kier molecular flexibility index (Phi) is 3.04. The maximum absolute atomic E-state index is 9.87. The van der Waals surface area contributed by atoms with Crippen molar-refractivity contribution in [2.24, 2.45) is 0 Å². The molecule has 4 nitrogen and oxygen atoms in total. The van der Waals surface area contributed by atoms with Gasteiger partial charge >= 0.3 is 6.47 Å². The lowest BCUT2D eigenvalue weighted by atomic mass is 10.1. The second-order valence-corrected chi connectivity index (χ2v) is 3.47. The van der Waals surface area contributed by atoms with Gasteiger partial charge in [0.25, 0.3) is 0 Å². The van der Waals surface area contributed by atoms with Gasteiger partial charge in [-0.15, -0.1) is 5.10 Å². The van der Waals surface area contributed by atoms with Crippen LogP contribution in [0.1, 0.15) is 5.56 Å². The molecule has 0 amide bonds. The van der Waals surface area contributed by atoms with Crippen molar-refractivity contribution in [3.05, 3.63) is 35.2 Å². The molecule has 15 heavy (non-hydrogen) atoms. The number of hydrogen-bond acceptors (Lipinski definition) is 5. The zero-order valence-corrected chi connectivity index (χ0v) is 8.53. The van der Waals surface area contributed by atoms with E-state index in [1.165, 1.54) is 18.0 Å². The summed E-state index contributed by atoms with van der Waals surface area (Å²) in [5.74, 6) is 0. The minimum Gasteiger partial charge on any atom is -0.452 e. The molecule has 1 aromatic carbocycles. The minimum absolute atomic E-state index is 0.249. The van der Waals surface area contributed by atoms with Crippen LogP contribution in [0.3, 0.4) is 0 Å². The van der Waals surface area contributed by atoms with Crippen molar-refractivity contribution in [2.75, 3.05) is 0 Å². The zero-order chi connectivity index (χ0) is 10.5. The number of ether oxygens (including phenoxy) is 1. The van der Waals surface area contributed by atoms with Crippen LogP contribution in [-0.4, -0.2) is 16.1 Å². The number of rotatable bonds is 4. The number of aromatic nitrogens is 2. The van der Waals surface area contributed by atoms with Crippen LogP contribution in [0, 0.1) is 0 Å². The molecule has 1 radical (unpaired) electrons. The number of nitrogens with zero attached hydrogens (tertiary/aromatic N) is 2. The quantitative estimate of drug-likeness (QED) is 0.786. The van der Waals surface area contributed by atoms with Crippen molar-refractivity contribution < 1.29 is 9.53 Å². The molecule has 0 N–H and O–H groups in total. The molecule has 2 rings (SSSR count). The van der Waals surface area contributed by atoms with Crippen molar-refractivity contribution in [1.29, 1.82) is 0 Å². The average molecular weight is 219 g/mol. The molecule has 0 aliphatic carbocycles. The van der Waals surface area contributed by atoms with Crippen LogP contribution in [0.4, 0.5) is 0 Å². The van der Waals surface area contributed by atoms with Crippen LogP contribution >= 0.6 is 11.5 Å². The summed E-state index contributed by atoms with van der Waals surface area (Å²) in [6.07, 6.45) is 0. The van der Waals surface area contributed by atoms with E-state index in [-0.39, 0.29) is 6.61 Å². The summed E-state index contributed by atoms with van der Waals surface area (Å²) >= 11 is 1.32. The molecule has 0 bridgehead atoms. The second kappa shape index (κ2) is 4.65. The maximum atomic E-state index is 9.87. The largest absolute Gasteiger partial charge is 0.452 e. The predicted molar refractivity (Wildman–Crippen MR) is 55.8 cm³/mol. The Bertz CT molecular complexity index is 425. The van der Waals surface area contributed by atoms with Gasteiger partial charge < -0.3 is 4.74 Å². The molecule has 0 fully saturated rings. The smallest absolute Gasteiger partial charge is 0.417 e. The Morgan fingerprint density at radius 3 is 2.73 bits per heavy atom. The predicted octanol–water partition coefficient (Wildman–Crippen LogP) is 1.79. The van der Waals surface area contributed by atoms with Crippen molar-refractivity contribution in [2.45, 2.75) is 6.61 Å². The van der Waals surface area contributed by atoms with Gasteiger partial charge in [0.05, 0.1) is 0 Å². The molecule has 0 saturated carbocycles. The normalized spacial score (nSPS) is 9.87. The van der Waals surface area contributed by atoms with E-state index in [9.17, 15) is 4.79 Å².